The second-order valence-electron chi connectivity index (χ2n) is 3.77. The Hall–Kier alpha value is -0.760. The highest BCUT2D eigenvalue weighted by molar-refractivity contribution is 7.99. The fourth-order valence-electron chi connectivity index (χ4n) is 1.37. The molecular formula is C12H19NO4S2. The quantitative estimate of drug-likeness (QED) is 0.668. The Morgan fingerprint density at radius 1 is 1.37 bits per heavy atom. The standard InChI is InChI=1S/C12H19NO4S2/c1-17-11-4-2-5-12(10-11)19(15,16)13-6-9-18-8-3-7-14/h2,4-5,10,13-14H,3,6-9H2,1H3. The summed E-state index contributed by atoms with van der Waals surface area (Å²) in [5.74, 6) is 2.03. The zero-order valence-electron chi connectivity index (χ0n) is 10.8. The molecule has 0 heterocycles. The minimum absolute atomic E-state index is 0.169. The molecule has 0 unspecified atom stereocenters. The van der Waals surface area contributed by atoms with Crippen molar-refractivity contribution in [2.45, 2.75) is 11.3 Å². The van der Waals surface area contributed by atoms with Gasteiger partial charge in [0.05, 0.1) is 12.0 Å². The van der Waals surface area contributed by atoms with Gasteiger partial charge in [0.2, 0.25) is 10.0 Å². The Kier molecular flexibility index (Phi) is 7.22. The Balaban J connectivity index is 2.46. The van der Waals surface area contributed by atoms with Crippen molar-refractivity contribution >= 4 is 21.8 Å². The molecule has 0 aliphatic rings. The van der Waals surface area contributed by atoms with Crippen LogP contribution >= 0.6 is 11.8 Å². The number of methoxy groups -OCH3 is 1. The fraction of sp³-hybridized carbons (Fsp3) is 0.500. The summed E-state index contributed by atoms with van der Waals surface area (Å²) in [7, 11) is -1.98. The van der Waals surface area contributed by atoms with Crippen molar-refractivity contribution in [3.8, 4) is 5.75 Å². The average molecular weight is 305 g/mol. The van der Waals surface area contributed by atoms with E-state index in [1.165, 1.54) is 19.2 Å². The molecule has 1 aromatic carbocycles. The van der Waals surface area contributed by atoms with E-state index in [1.807, 2.05) is 0 Å². The van der Waals surface area contributed by atoms with Crippen LogP contribution in [0.5, 0.6) is 5.75 Å². The lowest BCUT2D eigenvalue weighted by Crippen LogP contribution is -2.26. The maximum absolute atomic E-state index is 12.0. The zero-order chi connectivity index (χ0) is 14.1. The van der Waals surface area contributed by atoms with Crippen LogP contribution in [-0.4, -0.2) is 45.3 Å². The summed E-state index contributed by atoms with van der Waals surface area (Å²) in [5.41, 5.74) is 0. The van der Waals surface area contributed by atoms with E-state index in [4.69, 9.17) is 9.84 Å². The molecule has 0 saturated heterocycles. The summed E-state index contributed by atoms with van der Waals surface area (Å²) < 4.78 is 31.5. The third-order valence-electron chi connectivity index (χ3n) is 2.34. The summed E-state index contributed by atoms with van der Waals surface area (Å²) >= 11 is 1.61. The van der Waals surface area contributed by atoms with Gasteiger partial charge in [0.1, 0.15) is 5.75 Å². The van der Waals surface area contributed by atoms with Gasteiger partial charge in [-0.15, -0.1) is 0 Å². The van der Waals surface area contributed by atoms with Gasteiger partial charge >= 0.3 is 0 Å². The van der Waals surface area contributed by atoms with Crippen LogP contribution < -0.4 is 9.46 Å². The number of aliphatic hydroxyl groups excluding tert-OH is 1. The second-order valence-corrected chi connectivity index (χ2v) is 6.76. The predicted molar refractivity (Wildman–Crippen MR) is 77.2 cm³/mol. The first-order valence-corrected chi connectivity index (χ1v) is 8.56. The lowest BCUT2D eigenvalue weighted by atomic mass is 10.3. The normalized spacial score (nSPS) is 11.5. The summed E-state index contributed by atoms with van der Waals surface area (Å²) in [4.78, 5) is 0.201. The first kappa shape index (κ1) is 16.3. The molecule has 108 valence electrons. The minimum Gasteiger partial charge on any atom is -0.497 e. The van der Waals surface area contributed by atoms with E-state index >= 15 is 0 Å². The highest BCUT2D eigenvalue weighted by Crippen LogP contribution is 2.16. The van der Waals surface area contributed by atoms with E-state index in [0.717, 1.165) is 12.2 Å². The van der Waals surface area contributed by atoms with Crippen molar-refractivity contribution in [1.29, 1.82) is 0 Å². The van der Waals surface area contributed by atoms with Gasteiger partial charge in [0, 0.05) is 25.0 Å². The molecule has 0 amide bonds. The molecule has 0 aliphatic carbocycles. The lowest BCUT2D eigenvalue weighted by Gasteiger charge is -2.07. The van der Waals surface area contributed by atoms with Gasteiger partial charge in [-0.3, -0.25) is 0 Å². The highest BCUT2D eigenvalue weighted by Gasteiger charge is 2.13. The molecule has 1 aromatic rings. The number of thioether (sulfide) groups is 1. The molecule has 1 rings (SSSR count). The second kappa shape index (κ2) is 8.42. The largest absolute Gasteiger partial charge is 0.497 e. The molecule has 0 saturated carbocycles. The van der Waals surface area contributed by atoms with Crippen LogP contribution in [0.4, 0.5) is 0 Å². The Morgan fingerprint density at radius 3 is 2.84 bits per heavy atom. The van der Waals surface area contributed by atoms with Gasteiger partial charge in [-0.2, -0.15) is 11.8 Å². The van der Waals surface area contributed by atoms with Gasteiger partial charge < -0.3 is 9.84 Å². The number of rotatable bonds is 9. The molecule has 19 heavy (non-hydrogen) atoms. The highest BCUT2D eigenvalue weighted by atomic mass is 32.2. The smallest absolute Gasteiger partial charge is 0.240 e. The summed E-state index contributed by atoms with van der Waals surface area (Å²) in [6.07, 6.45) is 0.729. The van der Waals surface area contributed by atoms with Crippen LogP contribution in [-0.2, 0) is 10.0 Å². The first-order chi connectivity index (χ1) is 9.10. The van der Waals surface area contributed by atoms with Crippen molar-refractivity contribution in [1.82, 2.24) is 4.72 Å². The summed E-state index contributed by atoms with van der Waals surface area (Å²) in [5, 5.41) is 8.61. The number of aliphatic hydroxyl groups is 1. The summed E-state index contributed by atoms with van der Waals surface area (Å²) in [6.45, 7) is 0.540. The third kappa shape index (κ3) is 5.82. The van der Waals surface area contributed by atoms with Crippen molar-refractivity contribution < 1.29 is 18.3 Å². The van der Waals surface area contributed by atoms with Crippen molar-refractivity contribution in [3.63, 3.8) is 0 Å². The number of ether oxygens (including phenoxy) is 1. The van der Waals surface area contributed by atoms with E-state index in [9.17, 15) is 8.42 Å². The Bertz CT molecular complexity index is 476. The first-order valence-electron chi connectivity index (χ1n) is 5.92. The zero-order valence-corrected chi connectivity index (χ0v) is 12.5. The molecule has 0 radical (unpaired) electrons. The average Bonchev–Trinajstić information content (AvgIpc) is 2.43. The number of hydrogen-bond acceptors (Lipinski definition) is 5. The third-order valence-corrected chi connectivity index (χ3v) is 4.87. The maximum Gasteiger partial charge on any atom is 0.240 e. The molecule has 2 N–H and O–H groups in total. The van der Waals surface area contributed by atoms with E-state index in [1.54, 1.807) is 23.9 Å². The molecule has 0 atom stereocenters. The van der Waals surface area contributed by atoms with Crippen LogP contribution in [0, 0.1) is 0 Å². The predicted octanol–water partition coefficient (Wildman–Crippen LogP) is 1.09. The summed E-state index contributed by atoms with van der Waals surface area (Å²) in [6, 6.07) is 6.36. The van der Waals surface area contributed by atoms with Crippen LogP contribution in [0.3, 0.4) is 0 Å². The van der Waals surface area contributed by atoms with Gasteiger partial charge in [-0.05, 0) is 24.3 Å². The minimum atomic E-state index is -3.48. The van der Waals surface area contributed by atoms with E-state index in [0.29, 0.717) is 18.0 Å². The maximum atomic E-state index is 12.0. The van der Waals surface area contributed by atoms with Crippen molar-refractivity contribution in [2.75, 3.05) is 31.8 Å². The Labute approximate surface area is 118 Å². The Morgan fingerprint density at radius 2 is 2.16 bits per heavy atom. The van der Waals surface area contributed by atoms with E-state index in [2.05, 4.69) is 4.72 Å². The van der Waals surface area contributed by atoms with Crippen molar-refractivity contribution in [2.24, 2.45) is 0 Å². The van der Waals surface area contributed by atoms with E-state index < -0.39 is 10.0 Å². The van der Waals surface area contributed by atoms with Crippen molar-refractivity contribution in [3.05, 3.63) is 24.3 Å². The molecule has 0 aliphatic heterocycles. The number of benzene rings is 1. The number of sulfonamides is 1. The van der Waals surface area contributed by atoms with Gasteiger partial charge in [-0.1, -0.05) is 6.07 Å². The number of hydrogen-bond donors (Lipinski definition) is 2. The molecule has 0 spiro atoms. The molecule has 0 bridgehead atoms. The molecule has 7 heteroatoms. The van der Waals surface area contributed by atoms with Crippen LogP contribution in [0.2, 0.25) is 0 Å². The molecular weight excluding hydrogens is 286 g/mol. The van der Waals surface area contributed by atoms with Gasteiger partial charge in [0.25, 0.3) is 0 Å². The molecule has 0 fully saturated rings. The molecule has 0 aromatic heterocycles. The van der Waals surface area contributed by atoms with Gasteiger partial charge in [0.15, 0.2) is 0 Å². The van der Waals surface area contributed by atoms with Crippen LogP contribution in [0.25, 0.3) is 0 Å². The van der Waals surface area contributed by atoms with Gasteiger partial charge in [-0.25, -0.2) is 13.1 Å². The topological polar surface area (TPSA) is 75.6 Å². The fourth-order valence-corrected chi connectivity index (χ4v) is 3.35. The lowest BCUT2D eigenvalue weighted by molar-refractivity contribution is 0.296. The monoisotopic (exact) mass is 305 g/mol. The van der Waals surface area contributed by atoms with E-state index in [-0.39, 0.29) is 11.5 Å². The number of nitrogens with one attached hydrogen (secondary N) is 1. The van der Waals surface area contributed by atoms with Crippen LogP contribution in [0.1, 0.15) is 6.42 Å². The molecule has 5 nitrogen and oxygen atoms in total. The SMILES string of the molecule is COc1cccc(S(=O)(=O)NCCSCCCO)c1. The van der Waals surface area contributed by atoms with Crippen LogP contribution in [0.15, 0.2) is 29.2 Å².